The molecule has 0 atom stereocenters. The SMILES string of the molecule is Cc1ccc(Cl)c(C)c1C1=C(O)C2(CCN(O)CC2)N(C)C1=O. The molecule has 5 nitrogen and oxygen atoms in total. The Bertz CT molecular complexity index is 706. The van der Waals surface area contributed by atoms with Crippen LogP contribution in [0.25, 0.3) is 5.57 Å². The summed E-state index contributed by atoms with van der Waals surface area (Å²) in [6.07, 6.45) is 0.999. The molecule has 0 unspecified atom stereocenters. The zero-order valence-electron chi connectivity index (χ0n) is 13.6. The zero-order valence-corrected chi connectivity index (χ0v) is 14.3. The minimum Gasteiger partial charge on any atom is -0.509 e. The summed E-state index contributed by atoms with van der Waals surface area (Å²) in [6, 6.07) is 3.66. The van der Waals surface area contributed by atoms with Gasteiger partial charge in [0, 0.05) is 25.2 Å². The van der Waals surface area contributed by atoms with Crippen LogP contribution >= 0.6 is 11.6 Å². The second-order valence-electron chi connectivity index (χ2n) is 6.44. The minimum atomic E-state index is -0.729. The Kier molecular flexibility index (Phi) is 3.91. The number of aliphatic hydroxyl groups is 1. The Hall–Kier alpha value is -1.56. The molecule has 1 aromatic carbocycles. The standard InChI is InChI=1S/C17H21ClN2O3/c1-10-4-5-12(18)11(2)13(10)14-15(21)17(19(3)16(14)22)6-8-20(23)9-7-17/h4-5,21,23H,6-9H2,1-3H3. The molecule has 0 radical (unpaired) electrons. The molecule has 0 saturated carbocycles. The van der Waals surface area contributed by atoms with Gasteiger partial charge in [-0.25, -0.2) is 0 Å². The third kappa shape index (κ3) is 2.26. The lowest BCUT2D eigenvalue weighted by Crippen LogP contribution is -2.53. The van der Waals surface area contributed by atoms with Crippen molar-refractivity contribution in [1.29, 1.82) is 0 Å². The summed E-state index contributed by atoms with van der Waals surface area (Å²) in [5.41, 5.74) is 2.04. The average molecular weight is 337 g/mol. The maximum atomic E-state index is 12.9. The highest BCUT2D eigenvalue weighted by molar-refractivity contribution is 6.32. The molecule has 2 N–H and O–H groups in total. The van der Waals surface area contributed by atoms with Gasteiger partial charge in [0.25, 0.3) is 5.91 Å². The van der Waals surface area contributed by atoms with Gasteiger partial charge >= 0.3 is 0 Å². The van der Waals surface area contributed by atoms with E-state index in [4.69, 9.17) is 11.6 Å². The van der Waals surface area contributed by atoms with Crippen molar-refractivity contribution in [2.75, 3.05) is 20.1 Å². The average Bonchev–Trinajstić information content (AvgIpc) is 2.70. The topological polar surface area (TPSA) is 64.0 Å². The lowest BCUT2D eigenvalue weighted by Gasteiger charge is -2.41. The molecule has 124 valence electrons. The molecule has 1 saturated heterocycles. The quantitative estimate of drug-likeness (QED) is 0.827. The Morgan fingerprint density at radius 3 is 2.43 bits per heavy atom. The smallest absolute Gasteiger partial charge is 0.258 e. The molecule has 23 heavy (non-hydrogen) atoms. The molecule has 1 amide bonds. The number of nitrogens with zero attached hydrogens (tertiary/aromatic N) is 2. The number of aliphatic hydroxyl groups excluding tert-OH is 1. The Morgan fingerprint density at radius 1 is 1.22 bits per heavy atom. The maximum Gasteiger partial charge on any atom is 0.258 e. The van der Waals surface area contributed by atoms with Gasteiger partial charge in [0.2, 0.25) is 0 Å². The molecule has 2 aliphatic rings. The van der Waals surface area contributed by atoms with Gasteiger partial charge in [-0.2, -0.15) is 5.06 Å². The minimum absolute atomic E-state index is 0.103. The van der Waals surface area contributed by atoms with Crippen molar-refractivity contribution in [2.45, 2.75) is 32.2 Å². The Morgan fingerprint density at radius 2 is 1.83 bits per heavy atom. The molecule has 0 bridgehead atoms. The van der Waals surface area contributed by atoms with Crippen LogP contribution in [0.4, 0.5) is 0 Å². The van der Waals surface area contributed by atoms with Gasteiger partial charge in [0.05, 0.1) is 5.57 Å². The predicted octanol–water partition coefficient (Wildman–Crippen LogP) is 2.92. The van der Waals surface area contributed by atoms with Crippen LogP contribution in [0.5, 0.6) is 0 Å². The number of carbonyl (C=O) groups excluding carboxylic acids is 1. The predicted molar refractivity (Wildman–Crippen MR) is 88.6 cm³/mol. The second-order valence-corrected chi connectivity index (χ2v) is 6.84. The van der Waals surface area contributed by atoms with Crippen LogP contribution < -0.4 is 0 Å². The van der Waals surface area contributed by atoms with E-state index in [0.29, 0.717) is 36.5 Å². The highest BCUT2D eigenvalue weighted by Crippen LogP contribution is 2.45. The fourth-order valence-electron chi connectivity index (χ4n) is 3.72. The van der Waals surface area contributed by atoms with Crippen molar-refractivity contribution in [2.24, 2.45) is 0 Å². The van der Waals surface area contributed by atoms with E-state index in [2.05, 4.69) is 0 Å². The Labute approximate surface area is 140 Å². The monoisotopic (exact) mass is 336 g/mol. The highest BCUT2D eigenvalue weighted by atomic mass is 35.5. The van der Waals surface area contributed by atoms with E-state index >= 15 is 0 Å². The number of likely N-dealkylation sites (N-methyl/N-ethyl adjacent to an activating group) is 1. The molecular weight excluding hydrogens is 316 g/mol. The van der Waals surface area contributed by atoms with Crippen LogP contribution in [0.15, 0.2) is 17.9 Å². The number of hydrogen-bond donors (Lipinski definition) is 2. The van der Waals surface area contributed by atoms with E-state index in [9.17, 15) is 15.1 Å². The molecule has 2 heterocycles. The van der Waals surface area contributed by atoms with Crippen LogP contribution in [0, 0.1) is 13.8 Å². The van der Waals surface area contributed by atoms with Gasteiger partial charge in [-0.3, -0.25) is 4.79 Å². The van der Waals surface area contributed by atoms with Crippen molar-refractivity contribution < 1.29 is 15.1 Å². The molecular formula is C17H21ClN2O3. The summed E-state index contributed by atoms with van der Waals surface area (Å²) in [5, 5.41) is 22.4. The summed E-state index contributed by atoms with van der Waals surface area (Å²) in [7, 11) is 1.72. The van der Waals surface area contributed by atoms with Crippen LogP contribution in [0.3, 0.4) is 0 Å². The first kappa shape index (κ1) is 16.3. The molecule has 0 aliphatic carbocycles. The lowest BCUT2D eigenvalue weighted by molar-refractivity contribution is -0.141. The fourth-order valence-corrected chi connectivity index (χ4v) is 3.88. The van der Waals surface area contributed by atoms with E-state index in [0.717, 1.165) is 16.7 Å². The first-order valence-corrected chi connectivity index (χ1v) is 8.09. The third-order valence-corrected chi connectivity index (χ3v) is 5.67. The number of carbonyl (C=O) groups is 1. The third-order valence-electron chi connectivity index (χ3n) is 5.26. The maximum absolute atomic E-state index is 12.9. The number of benzene rings is 1. The highest BCUT2D eigenvalue weighted by Gasteiger charge is 2.52. The van der Waals surface area contributed by atoms with Crippen LogP contribution in [0.2, 0.25) is 5.02 Å². The van der Waals surface area contributed by atoms with Crippen LogP contribution in [-0.2, 0) is 4.79 Å². The van der Waals surface area contributed by atoms with Crippen molar-refractivity contribution in [3.8, 4) is 0 Å². The van der Waals surface area contributed by atoms with E-state index in [1.807, 2.05) is 19.9 Å². The summed E-state index contributed by atoms with van der Waals surface area (Å²) in [4.78, 5) is 14.5. The summed E-state index contributed by atoms with van der Waals surface area (Å²) in [5.74, 6) is -0.0890. The van der Waals surface area contributed by atoms with E-state index in [-0.39, 0.29) is 11.7 Å². The van der Waals surface area contributed by atoms with E-state index < -0.39 is 5.54 Å². The number of piperidine rings is 1. The van der Waals surface area contributed by atoms with Crippen molar-refractivity contribution in [1.82, 2.24) is 9.96 Å². The molecule has 1 aromatic rings. The van der Waals surface area contributed by atoms with Crippen molar-refractivity contribution in [3.63, 3.8) is 0 Å². The first-order valence-electron chi connectivity index (χ1n) is 7.71. The summed E-state index contributed by atoms with van der Waals surface area (Å²) in [6.45, 7) is 4.61. The van der Waals surface area contributed by atoms with Gasteiger partial charge in [-0.05, 0) is 49.4 Å². The number of amides is 1. The normalized spacial score (nSPS) is 21.6. The van der Waals surface area contributed by atoms with Gasteiger partial charge < -0.3 is 15.2 Å². The second kappa shape index (κ2) is 5.51. The lowest BCUT2D eigenvalue weighted by atomic mass is 9.84. The summed E-state index contributed by atoms with van der Waals surface area (Å²) < 4.78 is 0. The molecule has 1 fully saturated rings. The van der Waals surface area contributed by atoms with Gasteiger partial charge in [0.1, 0.15) is 11.3 Å². The Balaban J connectivity index is 2.18. The van der Waals surface area contributed by atoms with Crippen LogP contribution in [-0.4, -0.2) is 51.9 Å². The molecule has 3 rings (SSSR count). The van der Waals surface area contributed by atoms with Crippen molar-refractivity contribution >= 4 is 23.1 Å². The fraction of sp³-hybridized carbons (Fsp3) is 0.471. The summed E-state index contributed by atoms with van der Waals surface area (Å²) >= 11 is 6.22. The number of rotatable bonds is 1. The zero-order chi connectivity index (χ0) is 16.9. The van der Waals surface area contributed by atoms with Gasteiger partial charge in [0.15, 0.2) is 0 Å². The first-order chi connectivity index (χ1) is 10.8. The number of halogens is 1. The molecule has 6 heteroatoms. The van der Waals surface area contributed by atoms with Crippen LogP contribution in [0.1, 0.15) is 29.5 Å². The largest absolute Gasteiger partial charge is 0.509 e. The molecule has 0 aromatic heterocycles. The number of hydroxylamine groups is 2. The number of aryl methyl sites for hydroxylation is 1. The number of hydrogen-bond acceptors (Lipinski definition) is 4. The van der Waals surface area contributed by atoms with Gasteiger partial charge in [-0.1, -0.05) is 17.7 Å². The van der Waals surface area contributed by atoms with E-state index in [1.54, 1.807) is 18.0 Å². The molecule has 2 aliphatic heterocycles. The van der Waals surface area contributed by atoms with Gasteiger partial charge in [-0.15, -0.1) is 0 Å². The van der Waals surface area contributed by atoms with Crippen molar-refractivity contribution in [3.05, 3.63) is 39.6 Å². The van der Waals surface area contributed by atoms with E-state index in [1.165, 1.54) is 5.06 Å². The molecule has 1 spiro atoms.